The fourth-order valence-corrected chi connectivity index (χ4v) is 3.24. The van der Waals surface area contributed by atoms with E-state index in [4.69, 9.17) is 4.74 Å². The predicted molar refractivity (Wildman–Crippen MR) is 111 cm³/mol. The number of hydrogen-bond acceptors (Lipinski definition) is 2. The standard InChI is InChI=1S/C24H24N2O/c1-2-6-20(7-3-1)18-27-22-12-10-19(11-13-22)16-25-15-14-21-17-26-24-9-5-4-8-23(21)24/h1-13,17,25-26H,14-16,18H2. The van der Waals surface area contributed by atoms with Crippen molar-refractivity contribution < 1.29 is 4.74 Å². The second-order valence-corrected chi connectivity index (χ2v) is 6.70. The first-order chi connectivity index (χ1) is 13.4. The van der Waals surface area contributed by atoms with E-state index in [2.05, 4.69) is 65.0 Å². The van der Waals surface area contributed by atoms with Gasteiger partial charge in [-0.25, -0.2) is 0 Å². The number of H-pyrrole nitrogens is 1. The average molecular weight is 356 g/mol. The summed E-state index contributed by atoms with van der Waals surface area (Å²) in [5.41, 5.74) is 5.02. The van der Waals surface area contributed by atoms with Gasteiger partial charge in [0.15, 0.2) is 0 Å². The highest BCUT2D eigenvalue weighted by Crippen LogP contribution is 2.18. The quantitative estimate of drug-likeness (QED) is 0.432. The third-order valence-corrected chi connectivity index (χ3v) is 4.75. The number of fused-ring (bicyclic) bond motifs is 1. The molecule has 4 rings (SSSR count). The second kappa shape index (κ2) is 8.56. The Kier molecular flexibility index (Phi) is 5.51. The Balaban J connectivity index is 1.23. The minimum Gasteiger partial charge on any atom is -0.489 e. The topological polar surface area (TPSA) is 37.0 Å². The Labute approximate surface area is 160 Å². The van der Waals surface area contributed by atoms with Crippen LogP contribution in [-0.4, -0.2) is 11.5 Å². The normalized spacial score (nSPS) is 11.0. The van der Waals surface area contributed by atoms with Crippen LogP contribution in [0.4, 0.5) is 0 Å². The van der Waals surface area contributed by atoms with Crippen LogP contribution in [0, 0.1) is 0 Å². The summed E-state index contributed by atoms with van der Waals surface area (Å²) in [6, 6.07) is 27.0. The van der Waals surface area contributed by atoms with Crippen molar-refractivity contribution in [2.75, 3.05) is 6.54 Å². The first-order valence-corrected chi connectivity index (χ1v) is 9.40. The van der Waals surface area contributed by atoms with Gasteiger partial charge in [-0.15, -0.1) is 0 Å². The van der Waals surface area contributed by atoms with Crippen molar-refractivity contribution in [2.45, 2.75) is 19.6 Å². The Morgan fingerprint density at radius 2 is 1.56 bits per heavy atom. The van der Waals surface area contributed by atoms with Crippen molar-refractivity contribution >= 4 is 10.9 Å². The van der Waals surface area contributed by atoms with Crippen LogP contribution in [0.2, 0.25) is 0 Å². The Morgan fingerprint density at radius 1 is 0.778 bits per heavy atom. The lowest BCUT2D eigenvalue weighted by Gasteiger charge is -2.08. The molecule has 0 aliphatic carbocycles. The van der Waals surface area contributed by atoms with Crippen LogP contribution in [0.15, 0.2) is 85.1 Å². The third kappa shape index (κ3) is 4.57. The lowest BCUT2D eigenvalue weighted by atomic mass is 10.1. The fraction of sp³-hybridized carbons (Fsp3) is 0.167. The number of aromatic amines is 1. The zero-order valence-corrected chi connectivity index (χ0v) is 15.3. The molecule has 0 saturated carbocycles. The molecule has 0 saturated heterocycles. The summed E-state index contributed by atoms with van der Waals surface area (Å²) in [7, 11) is 0. The molecule has 4 aromatic rings. The lowest BCUT2D eigenvalue weighted by molar-refractivity contribution is 0.306. The van der Waals surface area contributed by atoms with E-state index in [0.29, 0.717) is 6.61 Å². The van der Waals surface area contributed by atoms with Gasteiger partial charge in [0.05, 0.1) is 0 Å². The van der Waals surface area contributed by atoms with Crippen molar-refractivity contribution in [1.82, 2.24) is 10.3 Å². The van der Waals surface area contributed by atoms with E-state index >= 15 is 0 Å². The van der Waals surface area contributed by atoms with Crippen molar-refractivity contribution in [1.29, 1.82) is 0 Å². The maximum absolute atomic E-state index is 5.84. The summed E-state index contributed by atoms with van der Waals surface area (Å²) in [6.07, 6.45) is 3.13. The van der Waals surface area contributed by atoms with Gasteiger partial charge in [-0.3, -0.25) is 0 Å². The van der Waals surface area contributed by atoms with E-state index in [1.807, 2.05) is 30.3 Å². The zero-order chi connectivity index (χ0) is 18.3. The molecule has 3 nitrogen and oxygen atoms in total. The van der Waals surface area contributed by atoms with Gasteiger partial charge in [-0.2, -0.15) is 0 Å². The molecule has 0 aliphatic rings. The van der Waals surface area contributed by atoms with Gasteiger partial charge in [0.2, 0.25) is 0 Å². The molecule has 3 heteroatoms. The van der Waals surface area contributed by atoms with Gasteiger partial charge in [-0.05, 0) is 47.9 Å². The van der Waals surface area contributed by atoms with E-state index in [1.54, 1.807) is 0 Å². The zero-order valence-electron chi connectivity index (χ0n) is 15.3. The first kappa shape index (κ1) is 17.4. The fourth-order valence-electron chi connectivity index (χ4n) is 3.24. The van der Waals surface area contributed by atoms with Crippen LogP contribution in [0.3, 0.4) is 0 Å². The molecule has 0 spiro atoms. The highest BCUT2D eigenvalue weighted by Gasteiger charge is 2.02. The SMILES string of the molecule is c1ccc(COc2ccc(CNCCc3c[nH]c4ccccc34)cc2)cc1. The molecule has 1 aromatic heterocycles. The van der Waals surface area contributed by atoms with Crippen molar-refractivity contribution in [2.24, 2.45) is 0 Å². The Hall–Kier alpha value is -3.04. The molecule has 0 fully saturated rings. The van der Waals surface area contributed by atoms with Crippen LogP contribution in [0.25, 0.3) is 10.9 Å². The number of rotatable bonds is 8. The van der Waals surface area contributed by atoms with Gasteiger partial charge < -0.3 is 15.0 Å². The molecule has 0 unspecified atom stereocenters. The molecule has 0 radical (unpaired) electrons. The van der Waals surface area contributed by atoms with E-state index in [9.17, 15) is 0 Å². The third-order valence-electron chi connectivity index (χ3n) is 4.75. The van der Waals surface area contributed by atoms with Crippen LogP contribution < -0.4 is 10.1 Å². The molecule has 3 aromatic carbocycles. The molecule has 27 heavy (non-hydrogen) atoms. The predicted octanol–water partition coefficient (Wildman–Crippen LogP) is 5.08. The number of ether oxygens (including phenoxy) is 1. The summed E-state index contributed by atoms with van der Waals surface area (Å²) in [5.74, 6) is 0.904. The smallest absolute Gasteiger partial charge is 0.119 e. The second-order valence-electron chi connectivity index (χ2n) is 6.70. The van der Waals surface area contributed by atoms with Crippen molar-refractivity contribution in [3.63, 3.8) is 0 Å². The number of benzene rings is 3. The van der Waals surface area contributed by atoms with Gasteiger partial charge in [0.1, 0.15) is 12.4 Å². The van der Waals surface area contributed by atoms with E-state index in [0.717, 1.165) is 25.3 Å². The monoisotopic (exact) mass is 356 g/mol. The summed E-state index contributed by atoms with van der Waals surface area (Å²) >= 11 is 0. The van der Waals surface area contributed by atoms with Gasteiger partial charge >= 0.3 is 0 Å². The summed E-state index contributed by atoms with van der Waals surface area (Å²) in [5, 5.41) is 4.85. The van der Waals surface area contributed by atoms with Crippen molar-refractivity contribution in [3.8, 4) is 5.75 Å². The maximum Gasteiger partial charge on any atom is 0.119 e. The number of hydrogen-bond donors (Lipinski definition) is 2. The number of nitrogens with one attached hydrogen (secondary N) is 2. The molecule has 0 aliphatic heterocycles. The summed E-state index contributed by atoms with van der Waals surface area (Å²) in [4.78, 5) is 3.34. The molecular formula is C24H24N2O. The molecular weight excluding hydrogens is 332 g/mol. The first-order valence-electron chi connectivity index (χ1n) is 9.40. The van der Waals surface area contributed by atoms with E-state index in [1.165, 1.54) is 27.6 Å². The summed E-state index contributed by atoms with van der Waals surface area (Å²) in [6.45, 7) is 2.42. The number of para-hydroxylation sites is 1. The highest BCUT2D eigenvalue weighted by atomic mass is 16.5. The summed E-state index contributed by atoms with van der Waals surface area (Å²) < 4.78 is 5.84. The van der Waals surface area contributed by atoms with Crippen LogP contribution in [-0.2, 0) is 19.6 Å². The van der Waals surface area contributed by atoms with Crippen LogP contribution >= 0.6 is 0 Å². The van der Waals surface area contributed by atoms with Crippen molar-refractivity contribution in [3.05, 3.63) is 102 Å². The average Bonchev–Trinajstić information content (AvgIpc) is 3.14. The van der Waals surface area contributed by atoms with E-state index in [-0.39, 0.29) is 0 Å². The molecule has 0 bridgehead atoms. The molecule has 2 N–H and O–H groups in total. The highest BCUT2D eigenvalue weighted by molar-refractivity contribution is 5.83. The minimum absolute atomic E-state index is 0.600. The number of aromatic nitrogens is 1. The van der Waals surface area contributed by atoms with E-state index < -0.39 is 0 Å². The minimum atomic E-state index is 0.600. The maximum atomic E-state index is 5.84. The molecule has 136 valence electrons. The molecule has 1 heterocycles. The largest absolute Gasteiger partial charge is 0.489 e. The Morgan fingerprint density at radius 3 is 2.41 bits per heavy atom. The van der Waals surface area contributed by atoms with Gasteiger partial charge in [0.25, 0.3) is 0 Å². The van der Waals surface area contributed by atoms with Gasteiger partial charge in [-0.1, -0.05) is 60.7 Å². The molecule has 0 atom stereocenters. The van der Waals surface area contributed by atoms with Crippen LogP contribution in [0.1, 0.15) is 16.7 Å². The molecule has 0 amide bonds. The van der Waals surface area contributed by atoms with Crippen LogP contribution in [0.5, 0.6) is 5.75 Å². The lowest BCUT2D eigenvalue weighted by Crippen LogP contribution is -2.16. The Bertz CT molecular complexity index is 974. The van der Waals surface area contributed by atoms with Gasteiger partial charge in [0, 0.05) is 23.6 Å².